The molecule has 0 saturated carbocycles. The van der Waals surface area contributed by atoms with Crippen LogP contribution in [-0.4, -0.2) is 23.1 Å². The number of nitrogens with zero attached hydrogens (tertiary/aromatic N) is 2. The zero-order valence-corrected chi connectivity index (χ0v) is 13.0. The minimum atomic E-state index is -0.172. The largest absolute Gasteiger partial charge is 0.490 e. The number of H-pyrrole nitrogens is 1. The molecule has 0 saturated heterocycles. The summed E-state index contributed by atoms with van der Waals surface area (Å²) < 4.78 is 5.65. The third kappa shape index (κ3) is 2.64. The topological polar surface area (TPSA) is 58.2 Å². The molecule has 0 radical (unpaired) electrons. The molecule has 5 nitrogen and oxygen atoms in total. The SMILES string of the molecule is O=c1[nH]c(CN2CCOc3ccccc32)nc2ccc(Cl)cc12. The number of hydrogen-bond acceptors (Lipinski definition) is 4. The van der Waals surface area contributed by atoms with Gasteiger partial charge in [0.25, 0.3) is 5.56 Å². The fourth-order valence-electron chi connectivity index (χ4n) is 2.81. The number of anilines is 1. The van der Waals surface area contributed by atoms with Crippen LogP contribution in [0.5, 0.6) is 5.75 Å². The van der Waals surface area contributed by atoms with Gasteiger partial charge in [-0.3, -0.25) is 4.79 Å². The van der Waals surface area contributed by atoms with Gasteiger partial charge in [-0.15, -0.1) is 0 Å². The van der Waals surface area contributed by atoms with Gasteiger partial charge in [0.05, 0.1) is 29.7 Å². The molecule has 23 heavy (non-hydrogen) atoms. The summed E-state index contributed by atoms with van der Waals surface area (Å²) in [6, 6.07) is 13.0. The fourth-order valence-corrected chi connectivity index (χ4v) is 2.98. The summed E-state index contributed by atoms with van der Waals surface area (Å²) in [5, 5.41) is 1.03. The van der Waals surface area contributed by atoms with E-state index in [1.807, 2.05) is 24.3 Å². The standard InChI is InChI=1S/C17H14ClN3O2/c18-11-5-6-13-12(9-11)17(22)20-16(19-13)10-21-7-8-23-15-4-2-1-3-14(15)21/h1-6,9H,7-8,10H2,(H,19,20,22). The summed E-state index contributed by atoms with van der Waals surface area (Å²) in [6.45, 7) is 1.89. The molecule has 0 unspecified atom stereocenters. The quantitative estimate of drug-likeness (QED) is 0.786. The number of halogens is 1. The summed E-state index contributed by atoms with van der Waals surface area (Å²) in [7, 11) is 0. The highest BCUT2D eigenvalue weighted by Gasteiger charge is 2.18. The second kappa shape index (κ2) is 5.59. The lowest BCUT2D eigenvalue weighted by Gasteiger charge is -2.30. The minimum Gasteiger partial charge on any atom is -0.490 e. The van der Waals surface area contributed by atoms with Crippen LogP contribution in [0.25, 0.3) is 10.9 Å². The third-order valence-electron chi connectivity index (χ3n) is 3.88. The number of aromatic nitrogens is 2. The number of ether oxygens (including phenoxy) is 1. The van der Waals surface area contributed by atoms with E-state index in [2.05, 4.69) is 14.9 Å². The van der Waals surface area contributed by atoms with Gasteiger partial charge in [-0.2, -0.15) is 0 Å². The first kappa shape index (κ1) is 14.1. The lowest BCUT2D eigenvalue weighted by atomic mass is 10.2. The predicted molar refractivity (Wildman–Crippen MR) is 90.4 cm³/mol. The van der Waals surface area contributed by atoms with Gasteiger partial charge in [0.15, 0.2) is 0 Å². The molecule has 4 rings (SSSR count). The van der Waals surface area contributed by atoms with Gasteiger partial charge in [-0.25, -0.2) is 4.98 Å². The highest BCUT2D eigenvalue weighted by atomic mass is 35.5. The molecule has 116 valence electrons. The molecule has 0 spiro atoms. The average molecular weight is 328 g/mol. The summed E-state index contributed by atoms with van der Waals surface area (Å²) in [5.74, 6) is 1.48. The van der Waals surface area contributed by atoms with E-state index in [-0.39, 0.29) is 5.56 Å². The fraction of sp³-hybridized carbons (Fsp3) is 0.176. The minimum absolute atomic E-state index is 0.172. The first-order valence-electron chi connectivity index (χ1n) is 7.36. The molecule has 0 fully saturated rings. The number of aromatic amines is 1. The molecule has 1 aliphatic heterocycles. The molecular formula is C17H14ClN3O2. The van der Waals surface area contributed by atoms with Gasteiger partial charge in [-0.05, 0) is 30.3 Å². The van der Waals surface area contributed by atoms with Crippen molar-refractivity contribution in [3.63, 3.8) is 0 Å². The van der Waals surface area contributed by atoms with E-state index in [4.69, 9.17) is 16.3 Å². The van der Waals surface area contributed by atoms with Crippen LogP contribution < -0.4 is 15.2 Å². The van der Waals surface area contributed by atoms with Crippen molar-refractivity contribution in [1.29, 1.82) is 0 Å². The van der Waals surface area contributed by atoms with Crippen LogP contribution in [-0.2, 0) is 6.54 Å². The van der Waals surface area contributed by atoms with Crippen molar-refractivity contribution >= 4 is 28.2 Å². The van der Waals surface area contributed by atoms with Crippen molar-refractivity contribution in [3.05, 3.63) is 63.7 Å². The smallest absolute Gasteiger partial charge is 0.258 e. The molecule has 1 N–H and O–H groups in total. The van der Waals surface area contributed by atoms with Crippen LogP contribution in [0.15, 0.2) is 47.3 Å². The Hall–Kier alpha value is -2.53. The third-order valence-corrected chi connectivity index (χ3v) is 4.12. The van der Waals surface area contributed by atoms with Crippen molar-refractivity contribution in [2.75, 3.05) is 18.1 Å². The summed E-state index contributed by atoms with van der Waals surface area (Å²) in [6.07, 6.45) is 0. The van der Waals surface area contributed by atoms with Crippen LogP contribution in [0.3, 0.4) is 0 Å². The molecule has 1 aliphatic rings. The Morgan fingerprint density at radius 3 is 3.04 bits per heavy atom. The summed E-state index contributed by atoms with van der Waals surface area (Å²) in [4.78, 5) is 21.8. The van der Waals surface area contributed by atoms with Gasteiger partial charge in [-0.1, -0.05) is 23.7 Å². The number of rotatable bonds is 2. The number of fused-ring (bicyclic) bond motifs is 2. The molecule has 1 aromatic heterocycles. The van der Waals surface area contributed by atoms with E-state index >= 15 is 0 Å². The number of nitrogens with one attached hydrogen (secondary N) is 1. The Bertz CT molecular complexity index is 939. The Labute approximate surface area is 137 Å². The maximum absolute atomic E-state index is 12.2. The van der Waals surface area contributed by atoms with Crippen LogP contribution in [0, 0.1) is 0 Å². The zero-order chi connectivity index (χ0) is 15.8. The van der Waals surface area contributed by atoms with Gasteiger partial charge >= 0.3 is 0 Å². The van der Waals surface area contributed by atoms with E-state index in [1.54, 1.807) is 18.2 Å². The maximum atomic E-state index is 12.2. The van der Waals surface area contributed by atoms with Gasteiger partial charge in [0, 0.05) is 5.02 Å². The average Bonchev–Trinajstić information content (AvgIpc) is 2.56. The second-order valence-corrected chi connectivity index (χ2v) is 5.85. The van der Waals surface area contributed by atoms with E-state index in [1.165, 1.54) is 0 Å². The molecule has 0 atom stereocenters. The van der Waals surface area contributed by atoms with Gasteiger partial charge < -0.3 is 14.6 Å². The molecule has 0 aliphatic carbocycles. The molecule has 0 amide bonds. The number of hydrogen-bond donors (Lipinski definition) is 1. The zero-order valence-electron chi connectivity index (χ0n) is 12.3. The monoisotopic (exact) mass is 327 g/mol. The van der Waals surface area contributed by atoms with E-state index in [0.29, 0.717) is 34.9 Å². The predicted octanol–water partition coefficient (Wildman–Crippen LogP) is 2.98. The Balaban J connectivity index is 1.72. The normalized spacial score (nSPS) is 13.7. The van der Waals surface area contributed by atoms with Crippen LogP contribution in [0.2, 0.25) is 5.02 Å². The molecule has 6 heteroatoms. The number of benzene rings is 2. The highest BCUT2D eigenvalue weighted by Crippen LogP contribution is 2.31. The van der Waals surface area contributed by atoms with Gasteiger partial charge in [0.1, 0.15) is 18.2 Å². The van der Waals surface area contributed by atoms with Gasteiger partial charge in [0.2, 0.25) is 0 Å². The Morgan fingerprint density at radius 1 is 1.26 bits per heavy atom. The summed E-state index contributed by atoms with van der Waals surface area (Å²) in [5.41, 5.74) is 1.49. The van der Waals surface area contributed by atoms with Crippen molar-refractivity contribution in [2.45, 2.75) is 6.54 Å². The highest BCUT2D eigenvalue weighted by molar-refractivity contribution is 6.31. The lowest BCUT2D eigenvalue weighted by molar-refractivity contribution is 0.306. The van der Waals surface area contributed by atoms with Crippen molar-refractivity contribution in [2.24, 2.45) is 0 Å². The molecule has 2 aromatic carbocycles. The molecule has 3 aromatic rings. The van der Waals surface area contributed by atoms with E-state index < -0.39 is 0 Å². The Kier molecular flexibility index (Phi) is 3.42. The van der Waals surface area contributed by atoms with Crippen LogP contribution in [0.4, 0.5) is 5.69 Å². The first-order valence-corrected chi connectivity index (χ1v) is 7.74. The Morgan fingerprint density at radius 2 is 2.13 bits per heavy atom. The first-order chi connectivity index (χ1) is 11.2. The van der Waals surface area contributed by atoms with Crippen molar-refractivity contribution in [1.82, 2.24) is 9.97 Å². The molecular weight excluding hydrogens is 314 g/mol. The van der Waals surface area contributed by atoms with Crippen LogP contribution >= 0.6 is 11.6 Å². The van der Waals surface area contributed by atoms with Crippen molar-refractivity contribution < 1.29 is 4.74 Å². The number of para-hydroxylation sites is 2. The van der Waals surface area contributed by atoms with Crippen LogP contribution in [0.1, 0.15) is 5.82 Å². The summed E-state index contributed by atoms with van der Waals surface area (Å²) >= 11 is 5.94. The van der Waals surface area contributed by atoms with E-state index in [9.17, 15) is 4.79 Å². The maximum Gasteiger partial charge on any atom is 0.258 e. The van der Waals surface area contributed by atoms with Crippen molar-refractivity contribution in [3.8, 4) is 5.75 Å². The second-order valence-electron chi connectivity index (χ2n) is 5.41. The lowest BCUT2D eigenvalue weighted by Crippen LogP contribution is -2.33. The van der Waals surface area contributed by atoms with E-state index in [0.717, 1.165) is 18.0 Å². The molecule has 2 heterocycles. The molecule has 0 bridgehead atoms.